The Balaban J connectivity index is 2.17. The molecule has 128 valence electrons. The number of nitrogens with zero attached hydrogens (tertiary/aromatic N) is 1. The molecule has 23 heavy (non-hydrogen) atoms. The molecule has 0 N–H and O–H groups in total. The maximum atomic E-state index is 12.7. The fourth-order valence-electron chi connectivity index (χ4n) is 2.78. The standard InChI is InChI=1S/C16H22ClNO4S/c1-4-22-16(19)15(17)14-10-18(9-12(14)3)23(20,21)13-7-5-11(2)6-8-13/h5-8,12,14-15H,4,9-10H2,1-3H3. The Morgan fingerprint density at radius 3 is 2.52 bits per heavy atom. The SMILES string of the molecule is CCOC(=O)C(Cl)C1CN(S(=O)(=O)c2ccc(C)cc2)CC1C. The van der Waals surface area contributed by atoms with Crippen molar-refractivity contribution in [3.63, 3.8) is 0 Å². The first-order chi connectivity index (χ1) is 10.8. The number of sulfonamides is 1. The van der Waals surface area contributed by atoms with E-state index in [9.17, 15) is 13.2 Å². The van der Waals surface area contributed by atoms with Gasteiger partial charge in [0.1, 0.15) is 5.38 Å². The zero-order valence-electron chi connectivity index (χ0n) is 13.5. The quantitative estimate of drug-likeness (QED) is 0.598. The highest BCUT2D eigenvalue weighted by atomic mass is 35.5. The van der Waals surface area contributed by atoms with Gasteiger partial charge in [-0.15, -0.1) is 11.6 Å². The molecule has 1 aromatic rings. The lowest BCUT2D eigenvalue weighted by atomic mass is 9.94. The lowest BCUT2D eigenvalue weighted by Gasteiger charge is -2.19. The summed E-state index contributed by atoms with van der Waals surface area (Å²) in [5.41, 5.74) is 1.000. The number of carbonyl (C=O) groups is 1. The molecular weight excluding hydrogens is 338 g/mol. The molecule has 5 nitrogen and oxygen atoms in total. The van der Waals surface area contributed by atoms with Crippen molar-refractivity contribution in [2.24, 2.45) is 11.8 Å². The molecule has 0 aliphatic carbocycles. The van der Waals surface area contributed by atoms with Gasteiger partial charge in [-0.05, 0) is 31.9 Å². The van der Waals surface area contributed by atoms with Gasteiger partial charge in [0.15, 0.2) is 0 Å². The van der Waals surface area contributed by atoms with E-state index in [1.54, 1.807) is 31.2 Å². The minimum absolute atomic E-state index is 0.0119. The molecule has 0 aromatic heterocycles. The predicted octanol–water partition coefficient (Wildman–Crippen LogP) is 2.42. The molecule has 0 bridgehead atoms. The second kappa shape index (κ2) is 7.20. The molecule has 1 fully saturated rings. The Labute approximate surface area is 142 Å². The van der Waals surface area contributed by atoms with Crippen molar-refractivity contribution in [3.8, 4) is 0 Å². The van der Waals surface area contributed by atoms with E-state index >= 15 is 0 Å². The average molecular weight is 360 g/mol. The van der Waals surface area contributed by atoms with E-state index < -0.39 is 21.4 Å². The average Bonchev–Trinajstić information content (AvgIpc) is 2.90. The number of aryl methyl sites for hydroxylation is 1. The van der Waals surface area contributed by atoms with E-state index in [0.29, 0.717) is 6.54 Å². The fourth-order valence-corrected chi connectivity index (χ4v) is 4.75. The van der Waals surface area contributed by atoms with Crippen molar-refractivity contribution in [1.29, 1.82) is 0 Å². The van der Waals surface area contributed by atoms with Crippen LogP contribution in [0.2, 0.25) is 0 Å². The molecule has 1 saturated heterocycles. The van der Waals surface area contributed by atoms with Crippen LogP contribution in [0, 0.1) is 18.8 Å². The summed E-state index contributed by atoms with van der Waals surface area (Å²) in [6.07, 6.45) is 0. The van der Waals surface area contributed by atoms with Crippen molar-refractivity contribution in [3.05, 3.63) is 29.8 Å². The zero-order valence-corrected chi connectivity index (χ0v) is 15.1. The third-order valence-corrected chi connectivity index (χ3v) is 6.53. The number of ether oxygens (including phenoxy) is 1. The lowest BCUT2D eigenvalue weighted by Crippen LogP contribution is -2.33. The summed E-state index contributed by atoms with van der Waals surface area (Å²) in [5, 5.41) is -0.830. The van der Waals surface area contributed by atoms with E-state index in [0.717, 1.165) is 5.56 Å². The van der Waals surface area contributed by atoms with Crippen molar-refractivity contribution < 1.29 is 17.9 Å². The number of carbonyl (C=O) groups excluding carboxylic acids is 1. The summed E-state index contributed by atoms with van der Waals surface area (Å²) >= 11 is 6.20. The van der Waals surface area contributed by atoms with Gasteiger partial charge < -0.3 is 4.74 Å². The van der Waals surface area contributed by atoms with Gasteiger partial charge in [-0.25, -0.2) is 8.42 Å². The number of benzene rings is 1. The smallest absolute Gasteiger partial charge is 0.324 e. The van der Waals surface area contributed by atoms with Crippen molar-refractivity contribution in [1.82, 2.24) is 4.31 Å². The first-order valence-corrected chi connectivity index (χ1v) is 9.52. The summed E-state index contributed by atoms with van der Waals surface area (Å²) in [7, 11) is -3.57. The maximum absolute atomic E-state index is 12.7. The predicted molar refractivity (Wildman–Crippen MR) is 88.9 cm³/mol. The van der Waals surface area contributed by atoms with Crippen molar-refractivity contribution in [2.75, 3.05) is 19.7 Å². The highest BCUT2D eigenvalue weighted by molar-refractivity contribution is 7.89. The zero-order chi connectivity index (χ0) is 17.2. The number of esters is 1. The summed E-state index contributed by atoms with van der Waals surface area (Å²) in [4.78, 5) is 12.1. The van der Waals surface area contributed by atoms with Crippen LogP contribution < -0.4 is 0 Å². The third-order valence-electron chi connectivity index (χ3n) is 4.18. The van der Waals surface area contributed by atoms with Gasteiger partial charge in [0.2, 0.25) is 10.0 Å². The molecular formula is C16H22ClNO4S. The highest BCUT2D eigenvalue weighted by Gasteiger charge is 2.42. The molecule has 7 heteroatoms. The summed E-state index contributed by atoms with van der Waals surface area (Å²) < 4.78 is 31.8. The minimum Gasteiger partial charge on any atom is -0.465 e. The molecule has 2 rings (SSSR count). The molecule has 3 unspecified atom stereocenters. The van der Waals surface area contributed by atoms with Crippen LogP contribution in [0.15, 0.2) is 29.2 Å². The molecule has 0 radical (unpaired) electrons. The Morgan fingerprint density at radius 1 is 1.35 bits per heavy atom. The first-order valence-electron chi connectivity index (χ1n) is 7.65. The van der Waals surface area contributed by atoms with Gasteiger partial charge in [-0.1, -0.05) is 24.6 Å². The summed E-state index contributed by atoms with van der Waals surface area (Å²) in [6, 6.07) is 6.75. The highest BCUT2D eigenvalue weighted by Crippen LogP contribution is 2.33. The largest absolute Gasteiger partial charge is 0.465 e. The van der Waals surface area contributed by atoms with Gasteiger partial charge in [-0.3, -0.25) is 4.79 Å². The Morgan fingerprint density at radius 2 is 1.96 bits per heavy atom. The van der Waals surface area contributed by atoms with E-state index in [2.05, 4.69) is 0 Å². The van der Waals surface area contributed by atoms with Gasteiger partial charge in [0.25, 0.3) is 0 Å². The minimum atomic E-state index is -3.57. The van der Waals surface area contributed by atoms with Gasteiger partial charge in [0.05, 0.1) is 11.5 Å². The topological polar surface area (TPSA) is 63.7 Å². The third kappa shape index (κ3) is 3.87. The molecule has 1 aromatic carbocycles. The second-order valence-corrected chi connectivity index (χ2v) is 8.34. The Hall–Kier alpha value is -1.11. The van der Waals surface area contributed by atoms with Crippen LogP contribution in [0.4, 0.5) is 0 Å². The van der Waals surface area contributed by atoms with E-state index in [-0.39, 0.29) is 29.9 Å². The monoisotopic (exact) mass is 359 g/mol. The van der Waals surface area contributed by atoms with Crippen LogP contribution in [0.1, 0.15) is 19.4 Å². The number of rotatable bonds is 5. The van der Waals surface area contributed by atoms with Gasteiger partial charge in [0, 0.05) is 19.0 Å². The van der Waals surface area contributed by atoms with Crippen LogP contribution in [0.5, 0.6) is 0 Å². The number of alkyl halides is 1. The second-order valence-electron chi connectivity index (χ2n) is 5.93. The van der Waals surface area contributed by atoms with Crippen LogP contribution in [-0.4, -0.2) is 43.8 Å². The van der Waals surface area contributed by atoms with Crippen LogP contribution >= 0.6 is 11.6 Å². The van der Waals surface area contributed by atoms with Crippen LogP contribution in [0.3, 0.4) is 0 Å². The van der Waals surface area contributed by atoms with Gasteiger partial charge >= 0.3 is 5.97 Å². The first kappa shape index (κ1) is 18.2. The van der Waals surface area contributed by atoms with Crippen molar-refractivity contribution >= 4 is 27.6 Å². The van der Waals surface area contributed by atoms with Crippen LogP contribution in [0.25, 0.3) is 0 Å². The molecule has 0 spiro atoms. The summed E-state index contributed by atoms with van der Waals surface area (Å²) in [6.45, 7) is 6.36. The van der Waals surface area contributed by atoms with Gasteiger partial charge in [-0.2, -0.15) is 4.31 Å². The van der Waals surface area contributed by atoms with E-state index in [4.69, 9.17) is 16.3 Å². The number of hydrogen-bond donors (Lipinski definition) is 0. The molecule has 1 heterocycles. The molecule has 3 atom stereocenters. The molecule has 0 saturated carbocycles. The molecule has 0 amide bonds. The van der Waals surface area contributed by atoms with Crippen molar-refractivity contribution in [2.45, 2.75) is 31.0 Å². The molecule has 1 aliphatic heterocycles. The lowest BCUT2D eigenvalue weighted by molar-refractivity contribution is -0.143. The fraction of sp³-hybridized carbons (Fsp3) is 0.562. The number of halogens is 1. The normalized spacial score (nSPS) is 23.7. The van der Waals surface area contributed by atoms with E-state index in [1.165, 1.54) is 4.31 Å². The molecule has 1 aliphatic rings. The Bertz CT molecular complexity index is 659. The number of hydrogen-bond acceptors (Lipinski definition) is 4. The van der Waals surface area contributed by atoms with E-state index in [1.807, 2.05) is 13.8 Å². The summed E-state index contributed by atoms with van der Waals surface area (Å²) in [5.74, 6) is -0.751. The Kier molecular flexibility index (Phi) is 5.70. The maximum Gasteiger partial charge on any atom is 0.324 e. The van der Waals surface area contributed by atoms with Crippen LogP contribution in [-0.2, 0) is 19.6 Å².